The lowest BCUT2D eigenvalue weighted by atomic mass is 10.3. The number of para-hydroxylation sites is 1. The highest BCUT2D eigenvalue weighted by Crippen LogP contribution is 2.29. The van der Waals surface area contributed by atoms with Gasteiger partial charge in [0.1, 0.15) is 0 Å². The molecule has 0 radical (unpaired) electrons. The van der Waals surface area contributed by atoms with Crippen LogP contribution in [0.2, 0.25) is 0 Å². The van der Waals surface area contributed by atoms with Crippen LogP contribution in [-0.4, -0.2) is 37.4 Å². The molecule has 0 fully saturated rings. The lowest BCUT2D eigenvalue weighted by Crippen LogP contribution is -2.33. The number of benzene rings is 2. The second-order valence-electron chi connectivity index (χ2n) is 4.87. The van der Waals surface area contributed by atoms with Crippen molar-refractivity contribution in [1.29, 1.82) is 0 Å². The minimum atomic E-state index is -4.78. The Morgan fingerprint density at radius 3 is 1.85 bits per heavy atom. The van der Waals surface area contributed by atoms with E-state index in [4.69, 9.17) is 0 Å². The van der Waals surface area contributed by atoms with Crippen molar-refractivity contribution < 1.29 is 26.7 Å². The van der Waals surface area contributed by atoms with E-state index in [0.29, 0.717) is 0 Å². The van der Waals surface area contributed by atoms with Gasteiger partial charge in [-0.15, -0.1) is 0 Å². The molecule has 0 N–H and O–H groups in total. The third kappa shape index (κ3) is 3.40. The average Bonchev–Trinajstić information content (AvgIpc) is 2.61. The normalized spacial score (nSPS) is 12.1. The van der Waals surface area contributed by atoms with Gasteiger partial charge in [-0.2, -0.15) is 0 Å². The molecular formula is C13H11N3O8S2. The second-order valence-corrected chi connectivity index (χ2v) is 9.00. The summed E-state index contributed by atoms with van der Waals surface area (Å²) in [6, 6.07) is 7.84. The summed E-state index contributed by atoms with van der Waals surface area (Å²) in [4.78, 5) is 18.6. The molecule has 26 heavy (non-hydrogen) atoms. The van der Waals surface area contributed by atoms with Crippen LogP contribution in [-0.2, 0) is 20.0 Å². The van der Waals surface area contributed by atoms with E-state index >= 15 is 0 Å². The van der Waals surface area contributed by atoms with E-state index in [1.807, 2.05) is 0 Å². The maximum absolute atomic E-state index is 12.6. The van der Waals surface area contributed by atoms with E-state index in [0.717, 1.165) is 43.4 Å². The molecule has 0 heterocycles. The van der Waals surface area contributed by atoms with E-state index in [2.05, 4.69) is 0 Å². The zero-order chi connectivity index (χ0) is 19.7. The van der Waals surface area contributed by atoms with Crippen LogP contribution < -0.4 is 0 Å². The first-order valence-corrected chi connectivity index (χ1v) is 9.59. The van der Waals surface area contributed by atoms with Gasteiger partial charge in [-0.3, -0.25) is 20.2 Å². The molecule has 2 aromatic rings. The van der Waals surface area contributed by atoms with Crippen molar-refractivity contribution in [1.82, 2.24) is 3.71 Å². The number of sulfonamides is 2. The van der Waals surface area contributed by atoms with Gasteiger partial charge < -0.3 is 0 Å². The molecule has 0 atom stereocenters. The number of non-ortho nitro benzene ring substituents is 1. The zero-order valence-electron chi connectivity index (χ0n) is 13.0. The van der Waals surface area contributed by atoms with Gasteiger partial charge >= 0.3 is 0 Å². The number of rotatable bonds is 6. The lowest BCUT2D eigenvalue weighted by Gasteiger charge is -2.17. The fraction of sp³-hybridized carbons (Fsp3) is 0.0769. The minimum absolute atomic E-state index is 0.0104. The lowest BCUT2D eigenvalue weighted by molar-refractivity contribution is -0.387. The molecule has 0 aromatic heterocycles. The van der Waals surface area contributed by atoms with Crippen molar-refractivity contribution in [2.24, 2.45) is 0 Å². The maximum Gasteiger partial charge on any atom is 0.289 e. The van der Waals surface area contributed by atoms with E-state index in [9.17, 15) is 37.1 Å². The molecule has 0 unspecified atom stereocenters. The smallest absolute Gasteiger partial charge is 0.258 e. The Kier molecular flexibility index (Phi) is 5.06. The van der Waals surface area contributed by atoms with Gasteiger partial charge in [0, 0.05) is 25.2 Å². The first-order valence-electron chi connectivity index (χ1n) is 6.71. The Hall–Kier alpha value is -2.90. The first kappa shape index (κ1) is 19.4. The summed E-state index contributed by atoms with van der Waals surface area (Å²) < 4.78 is 50.2. The second kappa shape index (κ2) is 6.78. The summed E-state index contributed by atoms with van der Waals surface area (Å²) in [7, 11) is -8.68. The summed E-state index contributed by atoms with van der Waals surface area (Å²) in [5.74, 6) is 0. The van der Waals surface area contributed by atoms with Gasteiger partial charge in [-0.1, -0.05) is 15.8 Å². The molecule has 0 saturated heterocycles. The largest absolute Gasteiger partial charge is 0.289 e. The maximum atomic E-state index is 12.6. The van der Waals surface area contributed by atoms with Crippen LogP contribution in [0.15, 0.2) is 58.3 Å². The third-order valence-corrected chi connectivity index (χ3v) is 7.66. The quantitative estimate of drug-likeness (QED) is 0.520. The van der Waals surface area contributed by atoms with E-state index < -0.39 is 45.4 Å². The number of nitro benzene ring substituents is 2. The Labute approximate surface area is 147 Å². The first-order chi connectivity index (χ1) is 12.0. The fourth-order valence-corrected chi connectivity index (χ4v) is 5.23. The fourth-order valence-electron chi connectivity index (χ4n) is 1.98. The van der Waals surface area contributed by atoms with Crippen molar-refractivity contribution in [2.75, 3.05) is 7.05 Å². The third-order valence-electron chi connectivity index (χ3n) is 3.36. The highest BCUT2D eigenvalue weighted by atomic mass is 32.3. The number of nitrogens with zero attached hydrogens (tertiary/aromatic N) is 3. The molecule has 2 aromatic carbocycles. The average molecular weight is 401 g/mol. The molecule has 0 spiro atoms. The summed E-state index contributed by atoms with van der Waals surface area (Å²) in [6.07, 6.45) is 0. The van der Waals surface area contributed by atoms with Crippen molar-refractivity contribution in [3.05, 3.63) is 68.8 Å². The highest BCUT2D eigenvalue weighted by molar-refractivity contribution is 8.04. The molecule has 0 bridgehead atoms. The molecule has 0 aliphatic carbocycles. The van der Waals surface area contributed by atoms with Crippen LogP contribution in [0.25, 0.3) is 0 Å². The Morgan fingerprint density at radius 1 is 0.808 bits per heavy atom. The molecule has 0 aliphatic heterocycles. The van der Waals surface area contributed by atoms with Crippen molar-refractivity contribution in [3.8, 4) is 0 Å². The zero-order valence-corrected chi connectivity index (χ0v) is 14.7. The molecule has 0 aliphatic rings. The molecule has 2 rings (SSSR count). The van der Waals surface area contributed by atoms with E-state index in [1.165, 1.54) is 12.1 Å². The van der Waals surface area contributed by atoms with E-state index in [-0.39, 0.29) is 9.40 Å². The van der Waals surface area contributed by atoms with Gasteiger partial charge in [-0.25, -0.2) is 16.8 Å². The van der Waals surface area contributed by atoms with Crippen molar-refractivity contribution >= 4 is 31.4 Å². The Morgan fingerprint density at radius 2 is 1.35 bits per heavy atom. The summed E-state index contributed by atoms with van der Waals surface area (Å²) >= 11 is 0. The van der Waals surface area contributed by atoms with Gasteiger partial charge in [0.05, 0.1) is 14.7 Å². The standard InChI is InChI=1S/C13H11N3O8S2/c1-14(25(21,22)11-8-6-10(7-9-11)15(17)18)26(23,24)13-5-3-2-4-12(13)16(19)20/h2-9H,1H3. The molecule has 13 heteroatoms. The summed E-state index contributed by atoms with van der Waals surface area (Å²) in [6.45, 7) is 0. The van der Waals surface area contributed by atoms with Gasteiger partial charge in [0.15, 0.2) is 4.90 Å². The predicted molar refractivity (Wildman–Crippen MR) is 88.3 cm³/mol. The molecule has 0 amide bonds. The van der Waals surface area contributed by atoms with Crippen LogP contribution in [0.3, 0.4) is 0 Å². The van der Waals surface area contributed by atoms with Crippen LogP contribution in [0.5, 0.6) is 0 Å². The van der Waals surface area contributed by atoms with Crippen molar-refractivity contribution in [2.45, 2.75) is 9.79 Å². The minimum Gasteiger partial charge on any atom is -0.258 e. The Balaban J connectivity index is 2.54. The highest BCUT2D eigenvalue weighted by Gasteiger charge is 2.37. The molecule has 138 valence electrons. The van der Waals surface area contributed by atoms with Gasteiger partial charge in [0.2, 0.25) is 0 Å². The van der Waals surface area contributed by atoms with E-state index in [1.54, 1.807) is 0 Å². The van der Waals surface area contributed by atoms with Crippen LogP contribution in [0, 0.1) is 20.2 Å². The SMILES string of the molecule is CN(S(=O)(=O)c1ccc([N+](=O)[O-])cc1)S(=O)(=O)c1ccccc1[N+](=O)[O-]. The molecule has 0 saturated carbocycles. The van der Waals surface area contributed by atoms with Gasteiger partial charge in [0.25, 0.3) is 31.4 Å². The number of hydrogen-bond donors (Lipinski definition) is 0. The van der Waals surface area contributed by atoms with Crippen LogP contribution >= 0.6 is 0 Å². The van der Waals surface area contributed by atoms with Gasteiger partial charge in [-0.05, 0) is 18.2 Å². The van der Waals surface area contributed by atoms with Crippen LogP contribution in [0.4, 0.5) is 11.4 Å². The van der Waals surface area contributed by atoms with Crippen molar-refractivity contribution in [3.63, 3.8) is 0 Å². The van der Waals surface area contributed by atoms with Crippen LogP contribution in [0.1, 0.15) is 0 Å². The summed E-state index contributed by atoms with van der Waals surface area (Å²) in [5, 5.41) is 21.6. The predicted octanol–water partition coefficient (Wildman–Crippen LogP) is 1.51. The summed E-state index contributed by atoms with van der Waals surface area (Å²) in [5.41, 5.74) is -1.16. The topological polar surface area (TPSA) is 158 Å². The molecule has 11 nitrogen and oxygen atoms in total. The molecular weight excluding hydrogens is 390 g/mol. The number of hydrogen-bond acceptors (Lipinski definition) is 8. The monoisotopic (exact) mass is 401 g/mol. The number of nitro groups is 2. The Bertz CT molecular complexity index is 1080.